The standard InChI is InChI=1S/C45H88N2O6/c1-4-7-10-13-16-25-32-40-51-43(48)35-28-21-17-23-30-37-47(39-41-52-45(46)50)38-31-24-18-22-29-36-44(49)53-42(33-26-19-14-11-8-5-2)34-27-20-15-12-9-6-3/h42H,4-41H2,1-3H3,(H2,46,50). The lowest BCUT2D eigenvalue weighted by molar-refractivity contribution is -0.150. The second-order valence-corrected chi connectivity index (χ2v) is 15.6. The quantitative estimate of drug-likeness (QED) is 0.0376. The number of esters is 2. The Labute approximate surface area is 328 Å². The molecule has 0 aliphatic heterocycles. The van der Waals surface area contributed by atoms with Gasteiger partial charge in [0.15, 0.2) is 0 Å². The van der Waals surface area contributed by atoms with E-state index in [1.807, 2.05) is 0 Å². The second-order valence-electron chi connectivity index (χ2n) is 15.6. The Morgan fingerprint density at radius 1 is 0.434 bits per heavy atom. The zero-order valence-corrected chi connectivity index (χ0v) is 35.4. The summed E-state index contributed by atoms with van der Waals surface area (Å²) in [5.74, 6) is -0.0610. The van der Waals surface area contributed by atoms with Gasteiger partial charge in [-0.2, -0.15) is 0 Å². The maximum atomic E-state index is 12.7. The maximum absolute atomic E-state index is 12.7. The number of hydrogen-bond donors (Lipinski definition) is 1. The van der Waals surface area contributed by atoms with Gasteiger partial charge in [-0.15, -0.1) is 0 Å². The Balaban J connectivity index is 4.17. The highest BCUT2D eigenvalue weighted by molar-refractivity contribution is 5.69. The number of ether oxygens (including phenoxy) is 3. The molecule has 0 unspecified atom stereocenters. The lowest BCUT2D eigenvalue weighted by Crippen LogP contribution is -2.31. The van der Waals surface area contributed by atoms with Gasteiger partial charge in [0.05, 0.1) is 6.61 Å². The van der Waals surface area contributed by atoms with E-state index in [0.29, 0.717) is 32.6 Å². The molecule has 8 heteroatoms. The van der Waals surface area contributed by atoms with Crippen LogP contribution < -0.4 is 5.73 Å². The van der Waals surface area contributed by atoms with Crippen molar-refractivity contribution >= 4 is 18.0 Å². The van der Waals surface area contributed by atoms with Crippen molar-refractivity contribution in [3.8, 4) is 0 Å². The van der Waals surface area contributed by atoms with E-state index in [0.717, 1.165) is 103 Å². The van der Waals surface area contributed by atoms with Crippen molar-refractivity contribution in [1.82, 2.24) is 4.90 Å². The summed E-state index contributed by atoms with van der Waals surface area (Å²) in [6.07, 6.45) is 36.8. The fourth-order valence-electron chi connectivity index (χ4n) is 7.01. The van der Waals surface area contributed by atoms with Crippen LogP contribution in [0.4, 0.5) is 4.79 Å². The highest BCUT2D eigenvalue weighted by atomic mass is 16.5. The van der Waals surface area contributed by atoms with Crippen molar-refractivity contribution in [2.45, 2.75) is 239 Å². The van der Waals surface area contributed by atoms with E-state index in [9.17, 15) is 14.4 Å². The van der Waals surface area contributed by atoms with Crippen LogP contribution in [0.2, 0.25) is 0 Å². The van der Waals surface area contributed by atoms with Gasteiger partial charge in [-0.05, 0) is 70.9 Å². The molecule has 2 N–H and O–H groups in total. The number of nitrogens with zero attached hydrogens (tertiary/aromatic N) is 1. The van der Waals surface area contributed by atoms with Gasteiger partial charge in [-0.25, -0.2) is 4.79 Å². The predicted molar refractivity (Wildman–Crippen MR) is 222 cm³/mol. The Hall–Kier alpha value is -1.83. The third kappa shape index (κ3) is 39.7. The summed E-state index contributed by atoms with van der Waals surface area (Å²) in [6.45, 7) is 10.2. The largest absolute Gasteiger partial charge is 0.466 e. The molecular weight excluding hydrogens is 665 g/mol. The van der Waals surface area contributed by atoms with Crippen molar-refractivity contribution in [1.29, 1.82) is 0 Å². The van der Waals surface area contributed by atoms with Crippen LogP contribution in [0.3, 0.4) is 0 Å². The molecule has 8 nitrogen and oxygen atoms in total. The van der Waals surface area contributed by atoms with E-state index in [-0.39, 0.29) is 18.0 Å². The van der Waals surface area contributed by atoms with Crippen LogP contribution in [0.1, 0.15) is 233 Å². The zero-order valence-electron chi connectivity index (χ0n) is 35.4. The minimum absolute atomic E-state index is 0.00803. The van der Waals surface area contributed by atoms with Gasteiger partial charge in [0, 0.05) is 19.4 Å². The van der Waals surface area contributed by atoms with Gasteiger partial charge in [-0.1, -0.05) is 162 Å². The summed E-state index contributed by atoms with van der Waals surface area (Å²) in [5, 5.41) is 0. The lowest BCUT2D eigenvalue weighted by Gasteiger charge is -2.22. The Bertz CT molecular complexity index is 794. The van der Waals surface area contributed by atoms with Crippen molar-refractivity contribution < 1.29 is 28.6 Å². The first-order chi connectivity index (χ1) is 25.9. The molecule has 0 aliphatic rings. The molecule has 0 rings (SSSR count). The molecule has 0 radical (unpaired) electrons. The van der Waals surface area contributed by atoms with Gasteiger partial charge in [0.2, 0.25) is 0 Å². The molecule has 0 saturated carbocycles. The smallest absolute Gasteiger partial charge is 0.404 e. The fraction of sp³-hybridized carbons (Fsp3) is 0.933. The molecule has 1 amide bonds. The van der Waals surface area contributed by atoms with E-state index >= 15 is 0 Å². The molecule has 0 saturated heterocycles. The average molecular weight is 753 g/mol. The van der Waals surface area contributed by atoms with E-state index < -0.39 is 6.09 Å². The maximum Gasteiger partial charge on any atom is 0.404 e. The third-order valence-electron chi connectivity index (χ3n) is 10.4. The average Bonchev–Trinajstić information content (AvgIpc) is 3.14. The first-order valence-corrected chi connectivity index (χ1v) is 22.9. The van der Waals surface area contributed by atoms with E-state index in [2.05, 4.69) is 25.7 Å². The number of rotatable bonds is 42. The normalized spacial score (nSPS) is 11.4. The molecule has 0 heterocycles. The minimum atomic E-state index is -0.722. The molecule has 0 fully saturated rings. The van der Waals surface area contributed by atoms with Crippen LogP contribution in [0.15, 0.2) is 0 Å². The number of amides is 1. The van der Waals surface area contributed by atoms with Gasteiger partial charge in [0.25, 0.3) is 0 Å². The summed E-state index contributed by atoms with van der Waals surface area (Å²) in [5.41, 5.74) is 5.18. The van der Waals surface area contributed by atoms with Crippen LogP contribution in [0, 0.1) is 0 Å². The summed E-state index contributed by atoms with van der Waals surface area (Å²) >= 11 is 0. The van der Waals surface area contributed by atoms with Crippen molar-refractivity contribution in [3.05, 3.63) is 0 Å². The first kappa shape index (κ1) is 51.2. The Morgan fingerprint density at radius 3 is 1.30 bits per heavy atom. The minimum Gasteiger partial charge on any atom is -0.466 e. The molecule has 0 aromatic heterocycles. The van der Waals surface area contributed by atoms with E-state index in [1.165, 1.54) is 109 Å². The topological polar surface area (TPSA) is 108 Å². The van der Waals surface area contributed by atoms with Crippen LogP contribution in [0.25, 0.3) is 0 Å². The zero-order chi connectivity index (χ0) is 38.9. The third-order valence-corrected chi connectivity index (χ3v) is 10.4. The second kappa shape index (κ2) is 41.3. The number of primary amides is 1. The van der Waals surface area contributed by atoms with E-state index in [1.54, 1.807) is 0 Å². The molecule has 0 aromatic carbocycles. The fourth-order valence-corrected chi connectivity index (χ4v) is 7.01. The summed E-state index contributed by atoms with van der Waals surface area (Å²) < 4.78 is 16.4. The molecule has 0 aliphatic carbocycles. The highest BCUT2D eigenvalue weighted by Crippen LogP contribution is 2.18. The lowest BCUT2D eigenvalue weighted by atomic mass is 10.0. The monoisotopic (exact) mass is 753 g/mol. The van der Waals surface area contributed by atoms with Crippen LogP contribution in [0.5, 0.6) is 0 Å². The number of carbonyl (C=O) groups is 3. The van der Waals surface area contributed by atoms with Crippen LogP contribution in [-0.4, -0.2) is 61.9 Å². The molecule has 314 valence electrons. The summed E-state index contributed by atoms with van der Waals surface area (Å²) in [4.78, 5) is 38.2. The van der Waals surface area contributed by atoms with Crippen LogP contribution in [-0.2, 0) is 23.8 Å². The molecule has 53 heavy (non-hydrogen) atoms. The molecule has 0 spiro atoms. The Kier molecular flexibility index (Phi) is 39.9. The SMILES string of the molecule is CCCCCCCCCOC(=O)CCCCCCCN(CCCCCCCC(=O)OC(CCCCCCCC)CCCCCCCC)CCOC(N)=O. The molecular formula is C45H88N2O6. The van der Waals surface area contributed by atoms with E-state index in [4.69, 9.17) is 19.9 Å². The number of nitrogens with two attached hydrogens (primary N) is 1. The van der Waals surface area contributed by atoms with Gasteiger partial charge >= 0.3 is 18.0 Å². The first-order valence-electron chi connectivity index (χ1n) is 22.9. The van der Waals surface area contributed by atoms with Crippen LogP contribution >= 0.6 is 0 Å². The molecule has 0 atom stereocenters. The summed E-state index contributed by atoms with van der Waals surface area (Å²) in [7, 11) is 0. The van der Waals surface area contributed by atoms with Gasteiger partial charge < -0.3 is 19.9 Å². The van der Waals surface area contributed by atoms with Crippen molar-refractivity contribution in [3.63, 3.8) is 0 Å². The number of unbranched alkanes of at least 4 members (excludes halogenated alkanes) is 24. The van der Waals surface area contributed by atoms with Crippen molar-refractivity contribution in [2.75, 3.05) is 32.8 Å². The number of carbonyl (C=O) groups excluding carboxylic acids is 3. The van der Waals surface area contributed by atoms with Crippen molar-refractivity contribution in [2.24, 2.45) is 5.73 Å². The van der Waals surface area contributed by atoms with Gasteiger partial charge in [0.1, 0.15) is 12.7 Å². The predicted octanol–water partition coefficient (Wildman–Crippen LogP) is 12.8. The van der Waals surface area contributed by atoms with Gasteiger partial charge in [-0.3, -0.25) is 14.5 Å². The highest BCUT2D eigenvalue weighted by Gasteiger charge is 2.14. The summed E-state index contributed by atoms with van der Waals surface area (Å²) in [6, 6.07) is 0. The molecule has 0 bridgehead atoms. The Morgan fingerprint density at radius 2 is 0.830 bits per heavy atom. The molecule has 0 aromatic rings. The number of hydrogen-bond acceptors (Lipinski definition) is 7.